The Balaban J connectivity index is 2.81. The summed E-state index contributed by atoms with van der Waals surface area (Å²) in [5, 5.41) is 12.2. The second kappa shape index (κ2) is 7.51. The van der Waals surface area contributed by atoms with Crippen LogP contribution in [0.2, 0.25) is 0 Å². The summed E-state index contributed by atoms with van der Waals surface area (Å²) in [4.78, 5) is 11.2. The molecule has 1 aromatic carbocycles. The first-order chi connectivity index (χ1) is 9.12. The largest absolute Gasteiger partial charge is 0.493 e. The maximum Gasteiger partial charge on any atom is 0.326 e. The van der Waals surface area contributed by atoms with Crippen LogP contribution in [0.25, 0.3) is 0 Å². The van der Waals surface area contributed by atoms with Crippen molar-refractivity contribution >= 4 is 11.7 Å². The second-order valence-corrected chi connectivity index (χ2v) is 4.25. The Labute approximate surface area is 113 Å². The van der Waals surface area contributed by atoms with Gasteiger partial charge in [0.15, 0.2) is 11.5 Å². The highest BCUT2D eigenvalue weighted by Gasteiger charge is 2.17. The zero-order valence-electron chi connectivity index (χ0n) is 11.6. The Bertz CT molecular complexity index is 420. The normalized spacial score (nSPS) is 11.7. The summed E-state index contributed by atoms with van der Waals surface area (Å²) >= 11 is 0. The van der Waals surface area contributed by atoms with Crippen molar-refractivity contribution in [2.45, 2.75) is 32.2 Å². The van der Waals surface area contributed by atoms with Gasteiger partial charge in [0, 0.05) is 11.8 Å². The molecule has 106 valence electrons. The average Bonchev–Trinajstić information content (AvgIpc) is 2.42. The fraction of sp³-hybridized carbons (Fsp3) is 0.500. The first-order valence-electron chi connectivity index (χ1n) is 6.33. The SMILES string of the molecule is CCCCC(Nc1ccc(OC)c(OC)c1)C(=O)O. The lowest BCUT2D eigenvalue weighted by molar-refractivity contribution is -0.138. The highest BCUT2D eigenvalue weighted by molar-refractivity contribution is 5.77. The molecule has 0 spiro atoms. The maximum absolute atomic E-state index is 11.2. The van der Waals surface area contributed by atoms with E-state index in [0.29, 0.717) is 23.6 Å². The molecule has 0 bridgehead atoms. The van der Waals surface area contributed by atoms with Crippen molar-refractivity contribution in [3.63, 3.8) is 0 Å². The Morgan fingerprint density at radius 3 is 2.53 bits per heavy atom. The van der Waals surface area contributed by atoms with E-state index < -0.39 is 12.0 Å². The molecular formula is C14H21NO4. The quantitative estimate of drug-likeness (QED) is 0.758. The molecule has 2 N–H and O–H groups in total. The van der Waals surface area contributed by atoms with Crippen LogP contribution >= 0.6 is 0 Å². The molecule has 5 nitrogen and oxygen atoms in total. The Hall–Kier alpha value is -1.91. The van der Waals surface area contributed by atoms with Gasteiger partial charge in [0.25, 0.3) is 0 Å². The van der Waals surface area contributed by atoms with Gasteiger partial charge in [-0.1, -0.05) is 19.8 Å². The van der Waals surface area contributed by atoms with Gasteiger partial charge in [-0.25, -0.2) is 4.79 Å². The van der Waals surface area contributed by atoms with Crippen LogP contribution in [-0.2, 0) is 4.79 Å². The van der Waals surface area contributed by atoms with Crippen molar-refractivity contribution in [2.75, 3.05) is 19.5 Å². The molecule has 0 saturated heterocycles. The lowest BCUT2D eigenvalue weighted by Crippen LogP contribution is -2.29. The van der Waals surface area contributed by atoms with E-state index in [4.69, 9.17) is 9.47 Å². The van der Waals surface area contributed by atoms with Gasteiger partial charge in [-0.05, 0) is 18.6 Å². The summed E-state index contributed by atoms with van der Waals surface area (Å²) in [5.74, 6) is 0.351. The van der Waals surface area contributed by atoms with Crippen LogP contribution in [0.15, 0.2) is 18.2 Å². The van der Waals surface area contributed by atoms with Crippen molar-refractivity contribution in [3.05, 3.63) is 18.2 Å². The van der Waals surface area contributed by atoms with Gasteiger partial charge in [0.05, 0.1) is 14.2 Å². The number of hydrogen-bond acceptors (Lipinski definition) is 4. The van der Waals surface area contributed by atoms with E-state index in [1.807, 2.05) is 6.92 Å². The zero-order chi connectivity index (χ0) is 14.3. The van der Waals surface area contributed by atoms with Gasteiger partial charge >= 0.3 is 5.97 Å². The molecule has 0 aliphatic carbocycles. The molecule has 1 rings (SSSR count). The summed E-state index contributed by atoms with van der Waals surface area (Å²) in [6.45, 7) is 2.04. The van der Waals surface area contributed by atoms with Gasteiger partial charge in [-0.2, -0.15) is 0 Å². The maximum atomic E-state index is 11.2. The summed E-state index contributed by atoms with van der Waals surface area (Å²) in [6.07, 6.45) is 2.44. The van der Waals surface area contributed by atoms with Gasteiger partial charge in [-0.3, -0.25) is 0 Å². The van der Waals surface area contributed by atoms with Gasteiger partial charge in [-0.15, -0.1) is 0 Å². The minimum Gasteiger partial charge on any atom is -0.493 e. The third-order valence-corrected chi connectivity index (χ3v) is 2.87. The topological polar surface area (TPSA) is 67.8 Å². The molecule has 0 heterocycles. The summed E-state index contributed by atoms with van der Waals surface area (Å²) in [6, 6.07) is 4.68. The van der Waals surface area contributed by atoms with Crippen LogP contribution in [0.3, 0.4) is 0 Å². The first kappa shape index (κ1) is 15.1. The van der Waals surface area contributed by atoms with Gasteiger partial charge in [0.1, 0.15) is 6.04 Å². The van der Waals surface area contributed by atoms with Crippen molar-refractivity contribution in [1.82, 2.24) is 0 Å². The van der Waals surface area contributed by atoms with E-state index >= 15 is 0 Å². The van der Waals surface area contributed by atoms with Crippen LogP contribution in [0.5, 0.6) is 11.5 Å². The van der Waals surface area contributed by atoms with E-state index in [-0.39, 0.29) is 0 Å². The monoisotopic (exact) mass is 267 g/mol. The smallest absolute Gasteiger partial charge is 0.326 e. The standard InChI is InChI=1S/C14H21NO4/c1-4-5-6-11(14(16)17)15-10-7-8-12(18-2)13(9-10)19-3/h7-9,11,15H,4-6H2,1-3H3,(H,16,17). The van der Waals surface area contributed by atoms with Crippen molar-refractivity contribution in [1.29, 1.82) is 0 Å². The fourth-order valence-electron chi connectivity index (χ4n) is 1.79. The second-order valence-electron chi connectivity index (χ2n) is 4.25. The van der Waals surface area contributed by atoms with E-state index in [0.717, 1.165) is 12.8 Å². The molecule has 0 aliphatic rings. The van der Waals surface area contributed by atoms with Crippen molar-refractivity contribution in [2.24, 2.45) is 0 Å². The number of aliphatic carboxylic acids is 1. The van der Waals surface area contributed by atoms with Gasteiger partial charge in [0.2, 0.25) is 0 Å². The number of hydrogen-bond donors (Lipinski definition) is 2. The fourth-order valence-corrected chi connectivity index (χ4v) is 1.79. The number of carboxylic acids is 1. The minimum atomic E-state index is -0.844. The van der Waals surface area contributed by atoms with Crippen LogP contribution in [0.1, 0.15) is 26.2 Å². The third kappa shape index (κ3) is 4.35. The average molecular weight is 267 g/mol. The number of ether oxygens (including phenoxy) is 2. The molecule has 0 fully saturated rings. The van der Waals surface area contributed by atoms with Crippen molar-refractivity contribution < 1.29 is 19.4 Å². The number of carboxylic acid groups (broad SMARTS) is 1. The summed E-state index contributed by atoms with van der Waals surface area (Å²) < 4.78 is 10.3. The lowest BCUT2D eigenvalue weighted by atomic mass is 10.1. The van der Waals surface area contributed by atoms with Gasteiger partial charge < -0.3 is 19.9 Å². The molecule has 5 heteroatoms. The van der Waals surface area contributed by atoms with Crippen LogP contribution in [0.4, 0.5) is 5.69 Å². The summed E-state index contributed by atoms with van der Waals surface area (Å²) in [5.41, 5.74) is 0.709. The summed E-state index contributed by atoms with van der Waals surface area (Å²) in [7, 11) is 3.11. The minimum absolute atomic E-state index is 0.576. The number of unbranched alkanes of at least 4 members (excludes halogenated alkanes) is 1. The highest BCUT2D eigenvalue weighted by atomic mass is 16.5. The predicted molar refractivity (Wildman–Crippen MR) is 74.1 cm³/mol. The molecule has 0 aromatic heterocycles. The molecular weight excluding hydrogens is 246 g/mol. The number of carbonyl (C=O) groups is 1. The van der Waals surface area contributed by atoms with E-state index in [9.17, 15) is 9.90 Å². The number of methoxy groups -OCH3 is 2. The highest BCUT2D eigenvalue weighted by Crippen LogP contribution is 2.30. The van der Waals surface area contributed by atoms with Crippen LogP contribution in [-0.4, -0.2) is 31.3 Å². The Kier molecular flexibility index (Phi) is 5.99. The number of anilines is 1. The molecule has 1 aromatic rings. The molecule has 0 aliphatic heterocycles. The molecule has 1 unspecified atom stereocenters. The predicted octanol–water partition coefficient (Wildman–Crippen LogP) is 2.76. The Morgan fingerprint density at radius 1 is 1.32 bits per heavy atom. The first-order valence-corrected chi connectivity index (χ1v) is 6.33. The molecule has 0 saturated carbocycles. The molecule has 0 amide bonds. The lowest BCUT2D eigenvalue weighted by Gasteiger charge is -2.16. The molecule has 19 heavy (non-hydrogen) atoms. The van der Waals surface area contributed by atoms with E-state index in [1.54, 1.807) is 32.4 Å². The molecule has 0 radical (unpaired) electrons. The van der Waals surface area contributed by atoms with Crippen LogP contribution < -0.4 is 14.8 Å². The van der Waals surface area contributed by atoms with Crippen molar-refractivity contribution in [3.8, 4) is 11.5 Å². The zero-order valence-corrected chi connectivity index (χ0v) is 11.6. The Morgan fingerprint density at radius 2 is 2.00 bits per heavy atom. The van der Waals surface area contributed by atoms with E-state index in [1.165, 1.54) is 0 Å². The third-order valence-electron chi connectivity index (χ3n) is 2.87. The number of rotatable bonds is 8. The number of nitrogens with one attached hydrogen (secondary N) is 1. The number of benzene rings is 1. The van der Waals surface area contributed by atoms with Crippen LogP contribution in [0, 0.1) is 0 Å². The molecule has 1 atom stereocenters. The van der Waals surface area contributed by atoms with E-state index in [2.05, 4.69) is 5.32 Å².